The maximum absolute atomic E-state index is 11.9. The molecule has 0 aliphatic carbocycles. The van der Waals surface area contributed by atoms with E-state index in [9.17, 15) is 4.79 Å². The fourth-order valence-electron chi connectivity index (χ4n) is 2.71. The third kappa shape index (κ3) is 4.89. The van der Waals surface area contributed by atoms with Crippen LogP contribution in [0, 0.1) is 6.92 Å². The van der Waals surface area contributed by atoms with Crippen molar-refractivity contribution in [2.24, 2.45) is 0 Å². The molecule has 0 aliphatic rings. The number of oxazole rings is 1. The van der Waals surface area contributed by atoms with Crippen molar-refractivity contribution in [1.29, 1.82) is 0 Å². The first kappa shape index (κ1) is 19.0. The summed E-state index contributed by atoms with van der Waals surface area (Å²) < 4.78 is 5.75. The second-order valence-electron chi connectivity index (χ2n) is 6.33. The lowest BCUT2D eigenvalue weighted by Crippen LogP contribution is -2.34. The molecule has 3 aromatic rings. The van der Waals surface area contributed by atoms with Crippen molar-refractivity contribution in [3.8, 4) is 11.5 Å². The summed E-state index contributed by atoms with van der Waals surface area (Å²) in [6, 6.07) is 9.39. The molecule has 0 spiro atoms. The summed E-state index contributed by atoms with van der Waals surface area (Å²) in [5, 5.41) is 6.10. The van der Waals surface area contributed by atoms with Gasteiger partial charge in [0.1, 0.15) is 0 Å². The number of rotatable bonds is 6. The lowest BCUT2D eigenvalue weighted by molar-refractivity contribution is -0.119. The maximum atomic E-state index is 11.9. The molecule has 140 valence electrons. The normalized spacial score (nSPS) is 10.7. The number of anilines is 1. The predicted molar refractivity (Wildman–Crippen MR) is 110 cm³/mol. The van der Waals surface area contributed by atoms with Gasteiger partial charge >= 0.3 is 0 Å². The molecule has 1 amide bonds. The van der Waals surface area contributed by atoms with Gasteiger partial charge in [0.15, 0.2) is 16.3 Å². The van der Waals surface area contributed by atoms with E-state index >= 15 is 0 Å². The summed E-state index contributed by atoms with van der Waals surface area (Å²) in [4.78, 5) is 20.5. The standard InChI is InChI=1S/C20H22N4O2S/c1-3-4-5-8-17(25)23-20(27)22-15-10-9-14(12-13(15)2)19-24-18-16(26-19)7-6-11-21-18/h6-7,9-12H,3-5,8H2,1-2H3,(H2,22,23,25,27). The highest BCUT2D eigenvalue weighted by atomic mass is 32.1. The average Bonchev–Trinajstić information content (AvgIpc) is 3.07. The van der Waals surface area contributed by atoms with E-state index < -0.39 is 0 Å². The lowest BCUT2D eigenvalue weighted by Gasteiger charge is -2.12. The van der Waals surface area contributed by atoms with Crippen LogP contribution in [-0.2, 0) is 4.79 Å². The Morgan fingerprint density at radius 1 is 1.26 bits per heavy atom. The zero-order chi connectivity index (χ0) is 19.2. The third-order valence-corrected chi connectivity index (χ3v) is 4.35. The number of hydrogen-bond donors (Lipinski definition) is 2. The molecule has 6 nitrogen and oxygen atoms in total. The van der Waals surface area contributed by atoms with Gasteiger partial charge in [-0.05, 0) is 61.5 Å². The van der Waals surface area contributed by atoms with Crippen molar-refractivity contribution in [2.45, 2.75) is 39.5 Å². The minimum Gasteiger partial charge on any atom is -0.434 e. The van der Waals surface area contributed by atoms with Crippen molar-refractivity contribution in [3.05, 3.63) is 42.1 Å². The molecule has 0 aliphatic heterocycles. The van der Waals surface area contributed by atoms with E-state index in [2.05, 4.69) is 27.5 Å². The van der Waals surface area contributed by atoms with Crippen LogP contribution in [0.3, 0.4) is 0 Å². The minimum absolute atomic E-state index is 0.0609. The Hall–Kier alpha value is -2.80. The molecule has 0 fully saturated rings. The van der Waals surface area contributed by atoms with Crippen molar-refractivity contribution in [3.63, 3.8) is 0 Å². The van der Waals surface area contributed by atoms with Crippen LogP contribution in [0.4, 0.5) is 5.69 Å². The summed E-state index contributed by atoms with van der Waals surface area (Å²) in [6.07, 6.45) is 5.17. The number of hydrogen-bond acceptors (Lipinski definition) is 5. The summed E-state index contributed by atoms with van der Waals surface area (Å²) in [5.74, 6) is 0.458. The Kier molecular flexibility index (Phi) is 6.13. The molecule has 0 unspecified atom stereocenters. The van der Waals surface area contributed by atoms with Gasteiger partial charge in [-0.25, -0.2) is 4.98 Å². The molecular formula is C20H22N4O2S. The van der Waals surface area contributed by atoms with Gasteiger partial charge in [-0.3, -0.25) is 4.79 Å². The molecule has 2 heterocycles. The fourth-order valence-corrected chi connectivity index (χ4v) is 2.93. The number of carbonyl (C=O) groups excluding carboxylic acids is 1. The molecular weight excluding hydrogens is 360 g/mol. The van der Waals surface area contributed by atoms with Gasteiger partial charge in [-0.2, -0.15) is 4.98 Å². The number of benzene rings is 1. The second-order valence-corrected chi connectivity index (χ2v) is 6.74. The Balaban J connectivity index is 1.66. The lowest BCUT2D eigenvalue weighted by atomic mass is 10.1. The van der Waals surface area contributed by atoms with Crippen LogP contribution in [0.1, 0.15) is 38.2 Å². The number of thiocarbonyl (C=S) groups is 1. The molecule has 0 saturated carbocycles. The van der Waals surface area contributed by atoms with Crippen LogP contribution in [0.25, 0.3) is 22.7 Å². The topological polar surface area (TPSA) is 80.0 Å². The molecule has 3 rings (SSSR count). The van der Waals surface area contributed by atoms with Crippen LogP contribution in [0.2, 0.25) is 0 Å². The number of aryl methyl sites for hydroxylation is 1. The van der Waals surface area contributed by atoms with E-state index in [1.54, 1.807) is 6.20 Å². The molecule has 0 saturated heterocycles. The summed E-state index contributed by atoms with van der Waals surface area (Å²) in [5.41, 5.74) is 3.88. The summed E-state index contributed by atoms with van der Waals surface area (Å²) >= 11 is 5.24. The van der Waals surface area contributed by atoms with Gasteiger partial charge in [0.25, 0.3) is 0 Å². The van der Waals surface area contributed by atoms with E-state index in [0.29, 0.717) is 28.7 Å². The quantitative estimate of drug-likeness (QED) is 0.479. The van der Waals surface area contributed by atoms with Crippen molar-refractivity contribution >= 4 is 40.2 Å². The summed E-state index contributed by atoms with van der Waals surface area (Å²) in [7, 11) is 0. The monoisotopic (exact) mass is 382 g/mol. The van der Waals surface area contributed by atoms with Gasteiger partial charge in [0.05, 0.1) is 0 Å². The molecule has 2 N–H and O–H groups in total. The first-order valence-electron chi connectivity index (χ1n) is 9.00. The molecule has 0 radical (unpaired) electrons. The molecule has 0 atom stereocenters. The zero-order valence-electron chi connectivity index (χ0n) is 15.4. The van der Waals surface area contributed by atoms with Crippen LogP contribution >= 0.6 is 12.2 Å². The Morgan fingerprint density at radius 2 is 2.11 bits per heavy atom. The van der Waals surface area contributed by atoms with E-state index in [0.717, 1.165) is 36.1 Å². The minimum atomic E-state index is -0.0609. The van der Waals surface area contributed by atoms with Crippen LogP contribution in [-0.4, -0.2) is 21.0 Å². The van der Waals surface area contributed by atoms with E-state index in [-0.39, 0.29) is 5.91 Å². The first-order chi connectivity index (χ1) is 13.1. The Morgan fingerprint density at radius 3 is 2.85 bits per heavy atom. The highest BCUT2D eigenvalue weighted by Crippen LogP contribution is 2.26. The van der Waals surface area contributed by atoms with Crippen molar-refractivity contribution in [2.75, 3.05) is 5.32 Å². The highest BCUT2D eigenvalue weighted by Gasteiger charge is 2.11. The molecule has 7 heteroatoms. The largest absolute Gasteiger partial charge is 0.434 e. The van der Waals surface area contributed by atoms with Gasteiger partial charge in [0, 0.05) is 23.9 Å². The van der Waals surface area contributed by atoms with Gasteiger partial charge in [-0.1, -0.05) is 19.8 Å². The van der Waals surface area contributed by atoms with Crippen molar-refractivity contribution < 1.29 is 9.21 Å². The number of nitrogens with one attached hydrogen (secondary N) is 2. The predicted octanol–water partition coefficient (Wildman–Crippen LogP) is 4.59. The zero-order valence-corrected chi connectivity index (χ0v) is 16.2. The van der Waals surface area contributed by atoms with Crippen molar-refractivity contribution in [1.82, 2.24) is 15.3 Å². The fraction of sp³-hybridized carbons (Fsp3) is 0.300. The third-order valence-electron chi connectivity index (χ3n) is 4.15. The molecule has 1 aromatic carbocycles. The number of amides is 1. The maximum Gasteiger partial charge on any atom is 0.228 e. The molecule has 27 heavy (non-hydrogen) atoms. The van der Waals surface area contributed by atoms with E-state index in [4.69, 9.17) is 16.6 Å². The summed E-state index contributed by atoms with van der Waals surface area (Å²) in [6.45, 7) is 4.06. The highest BCUT2D eigenvalue weighted by molar-refractivity contribution is 7.80. The number of nitrogens with zero attached hydrogens (tertiary/aromatic N) is 2. The SMILES string of the molecule is CCCCCC(=O)NC(=S)Nc1ccc(-c2nc3ncccc3o2)cc1C. The van der Waals surface area contributed by atoms with Gasteiger partial charge < -0.3 is 15.1 Å². The smallest absolute Gasteiger partial charge is 0.228 e. The van der Waals surface area contributed by atoms with E-state index in [1.807, 2.05) is 37.3 Å². The second kappa shape index (κ2) is 8.73. The van der Waals surface area contributed by atoms with Crippen LogP contribution in [0.15, 0.2) is 40.9 Å². The van der Waals surface area contributed by atoms with Gasteiger partial charge in [0.2, 0.25) is 11.8 Å². The first-order valence-corrected chi connectivity index (χ1v) is 9.41. The molecule has 2 aromatic heterocycles. The molecule has 0 bridgehead atoms. The number of pyridine rings is 1. The average molecular weight is 382 g/mol. The Bertz CT molecular complexity index is 935. The number of fused-ring (bicyclic) bond motifs is 1. The van der Waals surface area contributed by atoms with Crippen LogP contribution in [0.5, 0.6) is 0 Å². The van der Waals surface area contributed by atoms with Crippen LogP contribution < -0.4 is 10.6 Å². The number of aromatic nitrogens is 2. The number of unbranched alkanes of at least 4 members (excludes halogenated alkanes) is 2. The van der Waals surface area contributed by atoms with Gasteiger partial charge in [-0.15, -0.1) is 0 Å². The number of carbonyl (C=O) groups is 1. The Labute approximate surface area is 163 Å². The van der Waals surface area contributed by atoms with E-state index in [1.165, 1.54) is 0 Å².